The fourth-order valence-corrected chi connectivity index (χ4v) is 2.21. The normalized spacial score (nSPS) is 10.3. The molecule has 2 nitrogen and oxygen atoms in total. The molecular weight excluding hydrogens is 324 g/mol. The van der Waals surface area contributed by atoms with Crippen LogP contribution in [0.1, 0.15) is 23.2 Å². The van der Waals surface area contributed by atoms with Crippen molar-refractivity contribution < 1.29 is 8.78 Å². The SMILES string of the molecule is N#Cc1cc(C(F)F)c(CCl)c(I)n1. The van der Waals surface area contributed by atoms with Gasteiger partial charge in [-0.15, -0.1) is 11.6 Å². The third kappa shape index (κ3) is 2.30. The average molecular weight is 328 g/mol. The summed E-state index contributed by atoms with van der Waals surface area (Å²) in [4.78, 5) is 3.81. The van der Waals surface area contributed by atoms with Crippen molar-refractivity contribution in [1.82, 2.24) is 4.98 Å². The lowest BCUT2D eigenvalue weighted by Gasteiger charge is -2.07. The standard InChI is InChI=1S/C8H4ClF2IN2/c9-2-6-5(7(10)11)1-4(3-13)14-8(6)12/h1,7H,2H2. The minimum Gasteiger partial charge on any atom is -0.231 e. The van der Waals surface area contributed by atoms with Gasteiger partial charge in [-0.05, 0) is 28.7 Å². The van der Waals surface area contributed by atoms with Crippen LogP contribution in [-0.4, -0.2) is 4.98 Å². The fourth-order valence-electron chi connectivity index (χ4n) is 0.943. The minimum absolute atomic E-state index is 0.0152. The molecular formula is C8H4ClF2IN2. The van der Waals surface area contributed by atoms with Crippen molar-refractivity contribution in [2.45, 2.75) is 12.3 Å². The van der Waals surface area contributed by atoms with Crippen LogP contribution in [0.4, 0.5) is 8.78 Å². The predicted molar refractivity (Wildman–Crippen MR) is 56.2 cm³/mol. The first-order chi connectivity index (χ1) is 6.60. The number of alkyl halides is 3. The average Bonchev–Trinajstić information content (AvgIpc) is 2.16. The van der Waals surface area contributed by atoms with Crippen LogP contribution in [0.5, 0.6) is 0 Å². The molecule has 0 saturated carbocycles. The summed E-state index contributed by atoms with van der Waals surface area (Å²) in [7, 11) is 0. The molecule has 6 heteroatoms. The van der Waals surface area contributed by atoms with Crippen molar-refractivity contribution in [2.75, 3.05) is 0 Å². The van der Waals surface area contributed by atoms with Crippen LogP contribution in [0.3, 0.4) is 0 Å². The van der Waals surface area contributed by atoms with Crippen molar-refractivity contribution in [3.8, 4) is 6.07 Å². The second-order valence-electron chi connectivity index (χ2n) is 2.41. The number of hydrogen-bond acceptors (Lipinski definition) is 2. The van der Waals surface area contributed by atoms with E-state index in [4.69, 9.17) is 16.9 Å². The van der Waals surface area contributed by atoms with Gasteiger partial charge in [0.15, 0.2) is 0 Å². The van der Waals surface area contributed by atoms with Gasteiger partial charge < -0.3 is 0 Å². The lowest BCUT2D eigenvalue weighted by molar-refractivity contribution is 0.150. The van der Waals surface area contributed by atoms with Crippen LogP contribution in [0.2, 0.25) is 0 Å². The number of pyridine rings is 1. The first-order valence-electron chi connectivity index (χ1n) is 3.53. The maximum atomic E-state index is 12.5. The van der Waals surface area contributed by atoms with Gasteiger partial charge in [-0.25, -0.2) is 13.8 Å². The Morgan fingerprint density at radius 3 is 2.71 bits per heavy atom. The molecule has 0 saturated heterocycles. The van der Waals surface area contributed by atoms with Crippen LogP contribution in [0.15, 0.2) is 6.07 Å². The highest BCUT2D eigenvalue weighted by Crippen LogP contribution is 2.27. The second kappa shape index (κ2) is 4.84. The van der Waals surface area contributed by atoms with Gasteiger partial charge in [-0.1, -0.05) is 0 Å². The van der Waals surface area contributed by atoms with Crippen LogP contribution >= 0.6 is 34.2 Å². The molecule has 0 atom stereocenters. The lowest BCUT2D eigenvalue weighted by atomic mass is 10.1. The van der Waals surface area contributed by atoms with Gasteiger partial charge in [0.2, 0.25) is 0 Å². The third-order valence-electron chi connectivity index (χ3n) is 1.59. The van der Waals surface area contributed by atoms with Crippen molar-refractivity contribution >= 4 is 34.2 Å². The van der Waals surface area contributed by atoms with Gasteiger partial charge in [-0.3, -0.25) is 0 Å². The summed E-state index contributed by atoms with van der Waals surface area (Å²) in [5.41, 5.74) is 0.0655. The molecule has 14 heavy (non-hydrogen) atoms. The highest BCUT2D eigenvalue weighted by atomic mass is 127. The second-order valence-corrected chi connectivity index (χ2v) is 3.70. The monoisotopic (exact) mass is 328 g/mol. The van der Waals surface area contributed by atoms with E-state index in [9.17, 15) is 8.78 Å². The van der Waals surface area contributed by atoms with E-state index in [-0.39, 0.29) is 17.1 Å². The Balaban J connectivity index is 3.37. The van der Waals surface area contributed by atoms with E-state index in [0.29, 0.717) is 9.26 Å². The van der Waals surface area contributed by atoms with Crippen molar-refractivity contribution in [1.29, 1.82) is 5.26 Å². The highest BCUT2D eigenvalue weighted by molar-refractivity contribution is 14.1. The first kappa shape index (κ1) is 11.6. The van der Waals surface area contributed by atoms with Crippen LogP contribution in [-0.2, 0) is 5.88 Å². The summed E-state index contributed by atoms with van der Waals surface area (Å²) in [5, 5.41) is 8.54. The van der Waals surface area contributed by atoms with E-state index in [2.05, 4.69) is 4.98 Å². The van der Waals surface area contributed by atoms with Crippen LogP contribution in [0, 0.1) is 15.0 Å². The van der Waals surface area contributed by atoms with E-state index >= 15 is 0 Å². The van der Waals surface area contributed by atoms with Gasteiger partial charge in [-0.2, -0.15) is 5.26 Å². The molecule has 0 unspecified atom stereocenters. The summed E-state index contributed by atoms with van der Waals surface area (Å²) < 4.78 is 25.4. The molecule has 0 aliphatic carbocycles. The predicted octanol–water partition coefficient (Wildman–Crippen LogP) is 3.23. The molecule has 74 valence electrons. The molecule has 0 aromatic carbocycles. The van der Waals surface area contributed by atoms with E-state index in [1.54, 1.807) is 28.7 Å². The Morgan fingerprint density at radius 1 is 1.64 bits per heavy atom. The summed E-state index contributed by atoms with van der Waals surface area (Å²) in [6, 6.07) is 2.80. The quantitative estimate of drug-likeness (QED) is 0.475. The largest absolute Gasteiger partial charge is 0.264 e. The van der Waals surface area contributed by atoms with Crippen molar-refractivity contribution in [3.05, 3.63) is 26.6 Å². The maximum absolute atomic E-state index is 12.5. The fraction of sp³-hybridized carbons (Fsp3) is 0.250. The Morgan fingerprint density at radius 2 is 2.29 bits per heavy atom. The Labute approximate surface area is 98.0 Å². The highest BCUT2D eigenvalue weighted by Gasteiger charge is 2.17. The number of hydrogen-bond donors (Lipinski definition) is 0. The van der Waals surface area contributed by atoms with E-state index in [1.807, 2.05) is 0 Å². The zero-order valence-corrected chi connectivity index (χ0v) is 9.68. The van der Waals surface area contributed by atoms with E-state index < -0.39 is 6.43 Å². The smallest absolute Gasteiger partial charge is 0.231 e. The Hall–Kier alpha value is -0.480. The number of aromatic nitrogens is 1. The molecule has 0 aliphatic rings. The molecule has 1 aromatic rings. The van der Waals surface area contributed by atoms with Crippen molar-refractivity contribution in [2.24, 2.45) is 0 Å². The summed E-state index contributed by atoms with van der Waals surface area (Å²) in [6.07, 6.45) is -2.63. The first-order valence-corrected chi connectivity index (χ1v) is 5.15. The number of rotatable bonds is 2. The Bertz CT molecular complexity index is 390. The number of halogens is 4. The van der Waals surface area contributed by atoms with Crippen LogP contribution < -0.4 is 0 Å². The number of nitriles is 1. The Kier molecular flexibility index (Phi) is 4.01. The van der Waals surface area contributed by atoms with E-state index in [0.717, 1.165) is 6.07 Å². The van der Waals surface area contributed by atoms with Crippen LogP contribution in [0.25, 0.3) is 0 Å². The molecule has 0 spiro atoms. The minimum atomic E-state index is -2.63. The van der Waals surface area contributed by atoms with Crippen molar-refractivity contribution in [3.63, 3.8) is 0 Å². The maximum Gasteiger partial charge on any atom is 0.264 e. The van der Waals surface area contributed by atoms with Gasteiger partial charge in [0.1, 0.15) is 15.5 Å². The molecule has 1 aromatic heterocycles. The zero-order chi connectivity index (χ0) is 10.7. The van der Waals surface area contributed by atoms with Gasteiger partial charge in [0.05, 0.1) is 5.88 Å². The summed E-state index contributed by atoms with van der Waals surface area (Å²) in [6.45, 7) is 0. The van der Waals surface area contributed by atoms with Gasteiger partial charge >= 0.3 is 0 Å². The molecule has 0 fully saturated rings. The van der Waals surface area contributed by atoms with Gasteiger partial charge in [0, 0.05) is 11.1 Å². The summed E-state index contributed by atoms with van der Waals surface area (Å²) in [5.74, 6) is -0.0311. The molecule has 0 aliphatic heterocycles. The van der Waals surface area contributed by atoms with Gasteiger partial charge in [0.25, 0.3) is 6.43 Å². The topological polar surface area (TPSA) is 36.7 Å². The third-order valence-corrected chi connectivity index (χ3v) is 2.75. The zero-order valence-electron chi connectivity index (χ0n) is 6.77. The molecule has 0 N–H and O–H groups in total. The van der Waals surface area contributed by atoms with E-state index in [1.165, 1.54) is 0 Å². The summed E-state index contributed by atoms with van der Waals surface area (Å²) >= 11 is 7.30. The number of nitrogens with zero attached hydrogens (tertiary/aromatic N) is 2. The molecule has 1 rings (SSSR count). The molecule has 1 heterocycles. The molecule has 0 amide bonds. The molecule has 0 radical (unpaired) electrons. The lowest BCUT2D eigenvalue weighted by Crippen LogP contribution is -2.00. The molecule has 0 bridgehead atoms.